The van der Waals surface area contributed by atoms with Gasteiger partial charge in [-0.2, -0.15) is 0 Å². The summed E-state index contributed by atoms with van der Waals surface area (Å²) in [5.41, 5.74) is 2.76. The lowest BCUT2D eigenvalue weighted by atomic mass is 9.56. The van der Waals surface area contributed by atoms with E-state index < -0.39 is 0 Å². The quantitative estimate of drug-likeness (QED) is 0.793. The van der Waals surface area contributed by atoms with Crippen LogP contribution in [0.25, 0.3) is 0 Å². The van der Waals surface area contributed by atoms with Crippen molar-refractivity contribution in [2.24, 2.45) is 5.41 Å². The highest BCUT2D eigenvalue weighted by Gasteiger charge is 2.60. The number of nitrogens with one attached hydrogen (secondary N) is 1. The summed E-state index contributed by atoms with van der Waals surface area (Å²) in [5.74, 6) is 0. The van der Waals surface area contributed by atoms with E-state index in [0.29, 0.717) is 5.41 Å². The zero-order valence-electron chi connectivity index (χ0n) is 9.42. The SMILES string of the molecule is CNCC1(c2ccccc2)CC2(CC2)C1. The highest BCUT2D eigenvalue weighted by Crippen LogP contribution is 2.68. The van der Waals surface area contributed by atoms with Gasteiger partial charge in [0.05, 0.1) is 0 Å². The van der Waals surface area contributed by atoms with Crippen LogP contribution in [0.5, 0.6) is 0 Å². The second-order valence-electron chi connectivity index (χ2n) is 5.53. The van der Waals surface area contributed by atoms with Crippen molar-refractivity contribution in [3.05, 3.63) is 35.9 Å². The van der Waals surface area contributed by atoms with Crippen LogP contribution in [0.1, 0.15) is 31.2 Å². The zero-order valence-corrected chi connectivity index (χ0v) is 9.42. The second kappa shape index (κ2) is 3.08. The molecule has 1 aromatic rings. The maximum Gasteiger partial charge on any atom is 0.00882 e. The van der Waals surface area contributed by atoms with E-state index in [1.807, 2.05) is 0 Å². The van der Waals surface area contributed by atoms with E-state index in [9.17, 15) is 0 Å². The minimum atomic E-state index is 0.451. The molecule has 1 nitrogen and oxygen atoms in total. The van der Waals surface area contributed by atoms with E-state index in [2.05, 4.69) is 42.7 Å². The molecule has 2 fully saturated rings. The predicted molar refractivity (Wildman–Crippen MR) is 62.9 cm³/mol. The number of benzene rings is 1. The van der Waals surface area contributed by atoms with Gasteiger partial charge < -0.3 is 5.32 Å². The minimum Gasteiger partial charge on any atom is -0.319 e. The van der Waals surface area contributed by atoms with E-state index >= 15 is 0 Å². The second-order valence-corrected chi connectivity index (χ2v) is 5.53. The molecule has 2 aliphatic rings. The molecule has 80 valence electrons. The standard InChI is InChI=1S/C14H19N/c1-15-11-14(9-13(10-14)7-8-13)12-5-3-2-4-6-12/h2-6,15H,7-11H2,1H3. The van der Waals surface area contributed by atoms with Gasteiger partial charge in [-0.1, -0.05) is 30.3 Å². The third-order valence-corrected chi connectivity index (χ3v) is 4.29. The Kier molecular flexibility index (Phi) is 1.93. The molecule has 0 radical (unpaired) electrons. The van der Waals surface area contributed by atoms with Gasteiger partial charge in [0.15, 0.2) is 0 Å². The van der Waals surface area contributed by atoms with E-state index in [1.54, 1.807) is 0 Å². The van der Waals surface area contributed by atoms with Crippen molar-refractivity contribution in [1.82, 2.24) is 5.32 Å². The Morgan fingerprint density at radius 2 is 1.80 bits per heavy atom. The minimum absolute atomic E-state index is 0.451. The fourth-order valence-electron chi connectivity index (χ4n) is 3.48. The summed E-state index contributed by atoms with van der Waals surface area (Å²) in [6.07, 6.45) is 5.77. The van der Waals surface area contributed by atoms with Crippen LogP contribution in [0.15, 0.2) is 30.3 Å². The number of likely N-dealkylation sites (N-methyl/N-ethyl adjacent to an activating group) is 1. The van der Waals surface area contributed by atoms with Gasteiger partial charge in [-0.15, -0.1) is 0 Å². The van der Waals surface area contributed by atoms with Gasteiger partial charge in [-0.05, 0) is 43.7 Å². The Hall–Kier alpha value is -0.820. The molecule has 1 aromatic carbocycles. The summed E-state index contributed by atoms with van der Waals surface area (Å²) >= 11 is 0. The Labute approximate surface area is 91.9 Å². The molecule has 2 aliphatic carbocycles. The summed E-state index contributed by atoms with van der Waals surface area (Å²) in [6.45, 7) is 1.14. The van der Waals surface area contributed by atoms with Gasteiger partial charge in [0.2, 0.25) is 0 Å². The van der Waals surface area contributed by atoms with Gasteiger partial charge in [0, 0.05) is 12.0 Å². The Morgan fingerprint density at radius 3 is 2.33 bits per heavy atom. The first-order chi connectivity index (χ1) is 7.29. The van der Waals surface area contributed by atoms with Crippen molar-refractivity contribution in [1.29, 1.82) is 0 Å². The summed E-state index contributed by atoms with van der Waals surface area (Å²) < 4.78 is 0. The molecule has 0 atom stereocenters. The molecule has 0 amide bonds. The van der Waals surface area contributed by atoms with Crippen molar-refractivity contribution in [3.63, 3.8) is 0 Å². The maximum atomic E-state index is 3.37. The molecule has 0 bridgehead atoms. The average Bonchev–Trinajstić information content (AvgIpc) is 2.99. The third-order valence-electron chi connectivity index (χ3n) is 4.29. The molecule has 0 aliphatic heterocycles. The zero-order chi connectivity index (χ0) is 10.4. The van der Waals surface area contributed by atoms with Crippen LogP contribution in [-0.4, -0.2) is 13.6 Å². The summed E-state index contributed by atoms with van der Waals surface area (Å²) in [5, 5.41) is 3.37. The van der Waals surface area contributed by atoms with Crippen LogP contribution in [0.3, 0.4) is 0 Å². The summed E-state index contributed by atoms with van der Waals surface area (Å²) in [4.78, 5) is 0. The molecule has 15 heavy (non-hydrogen) atoms. The van der Waals surface area contributed by atoms with Crippen LogP contribution in [0, 0.1) is 5.41 Å². The molecule has 1 heteroatoms. The lowest BCUT2D eigenvalue weighted by Gasteiger charge is -2.49. The van der Waals surface area contributed by atoms with E-state index in [-0.39, 0.29) is 0 Å². The van der Waals surface area contributed by atoms with Crippen molar-refractivity contribution in [2.75, 3.05) is 13.6 Å². The Balaban J connectivity index is 1.86. The maximum absolute atomic E-state index is 3.37. The van der Waals surface area contributed by atoms with Gasteiger partial charge in [0.1, 0.15) is 0 Å². The van der Waals surface area contributed by atoms with Gasteiger partial charge in [-0.3, -0.25) is 0 Å². The van der Waals surface area contributed by atoms with Gasteiger partial charge in [0.25, 0.3) is 0 Å². The van der Waals surface area contributed by atoms with Crippen molar-refractivity contribution in [3.8, 4) is 0 Å². The van der Waals surface area contributed by atoms with Crippen molar-refractivity contribution < 1.29 is 0 Å². The Morgan fingerprint density at radius 1 is 1.13 bits per heavy atom. The van der Waals surface area contributed by atoms with Gasteiger partial charge >= 0.3 is 0 Å². The van der Waals surface area contributed by atoms with E-state index in [0.717, 1.165) is 12.0 Å². The predicted octanol–water partition coefficient (Wildman–Crippen LogP) is 2.72. The fourth-order valence-corrected chi connectivity index (χ4v) is 3.48. The first-order valence-corrected chi connectivity index (χ1v) is 5.99. The van der Waals surface area contributed by atoms with Crippen molar-refractivity contribution in [2.45, 2.75) is 31.1 Å². The van der Waals surface area contributed by atoms with Gasteiger partial charge in [-0.25, -0.2) is 0 Å². The van der Waals surface area contributed by atoms with Crippen molar-refractivity contribution >= 4 is 0 Å². The summed E-state index contributed by atoms with van der Waals surface area (Å²) in [7, 11) is 2.07. The normalized spacial score (nSPS) is 24.9. The lowest BCUT2D eigenvalue weighted by Crippen LogP contribution is -2.49. The fraction of sp³-hybridized carbons (Fsp3) is 0.571. The number of rotatable bonds is 3. The van der Waals surface area contributed by atoms with Crippen LogP contribution in [0.4, 0.5) is 0 Å². The van der Waals surface area contributed by atoms with Crippen LogP contribution in [0.2, 0.25) is 0 Å². The molecule has 2 saturated carbocycles. The molecule has 1 N–H and O–H groups in total. The molecule has 1 spiro atoms. The molecule has 0 saturated heterocycles. The molecular weight excluding hydrogens is 182 g/mol. The average molecular weight is 201 g/mol. The Bertz CT molecular complexity index is 343. The van der Waals surface area contributed by atoms with Crippen LogP contribution in [-0.2, 0) is 5.41 Å². The molecule has 3 rings (SSSR count). The van der Waals surface area contributed by atoms with Crippen LogP contribution >= 0.6 is 0 Å². The van der Waals surface area contributed by atoms with E-state index in [4.69, 9.17) is 0 Å². The van der Waals surface area contributed by atoms with E-state index in [1.165, 1.54) is 31.2 Å². The monoisotopic (exact) mass is 201 g/mol. The largest absolute Gasteiger partial charge is 0.319 e. The lowest BCUT2D eigenvalue weighted by molar-refractivity contribution is 0.118. The topological polar surface area (TPSA) is 12.0 Å². The number of hydrogen-bond acceptors (Lipinski definition) is 1. The van der Waals surface area contributed by atoms with Crippen LogP contribution < -0.4 is 5.32 Å². The number of hydrogen-bond donors (Lipinski definition) is 1. The smallest absolute Gasteiger partial charge is 0.00882 e. The highest BCUT2D eigenvalue weighted by atomic mass is 14.9. The first kappa shape index (κ1) is 9.41. The summed E-state index contributed by atoms with van der Waals surface area (Å²) in [6, 6.07) is 11.1. The first-order valence-electron chi connectivity index (χ1n) is 5.99. The molecular formula is C14H19N. The molecule has 0 aromatic heterocycles. The molecule has 0 unspecified atom stereocenters. The molecule has 0 heterocycles. The highest BCUT2D eigenvalue weighted by molar-refractivity contribution is 5.33. The third kappa shape index (κ3) is 1.41.